The van der Waals surface area contributed by atoms with Crippen molar-refractivity contribution in [3.8, 4) is 0 Å². The Hall–Kier alpha value is 0.350. The lowest BCUT2D eigenvalue weighted by Crippen LogP contribution is -2.48. The molecule has 0 aromatic heterocycles. The Kier molecular flexibility index (Phi) is 6.10. The van der Waals surface area contributed by atoms with E-state index in [0.717, 1.165) is 50.0 Å². The summed E-state index contributed by atoms with van der Waals surface area (Å²) in [5.41, 5.74) is 0. The molecule has 2 spiro atoms. The second kappa shape index (κ2) is 8.15. The van der Waals surface area contributed by atoms with Gasteiger partial charge in [-0.15, -0.1) is 0 Å². The van der Waals surface area contributed by atoms with Gasteiger partial charge in [0.05, 0.1) is 15.4 Å². The summed E-state index contributed by atoms with van der Waals surface area (Å²) in [4.78, 5) is 13.2. The Bertz CT molecular complexity index is 564. The predicted octanol–water partition coefficient (Wildman–Crippen LogP) is 6.04. The standard InChI is InChI=1S/C19H26O2S4/c20-17(15-7-13-22-24-18(15)9-3-1-4-10-18)21-16-8-14-23-25-19(16)11-5-2-6-12-19/h3,5,9,11,15-16H,1-2,4,6-8,10,12-14H2. The number of carbonyl (C=O) groups is 1. The largest absolute Gasteiger partial charge is 0.460 e. The molecule has 4 atom stereocenters. The van der Waals surface area contributed by atoms with Gasteiger partial charge in [-0.05, 0) is 51.4 Å². The van der Waals surface area contributed by atoms with Gasteiger partial charge < -0.3 is 4.74 Å². The molecular weight excluding hydrogens is 388 g/mol. The van der Waals surface area contributed by atoms with Gasteiger partial charge in [0, 0.05) is 11.5 Å². The van der Waals surface area contributed by atoms with Crippen LogP contribution in [0, 0.1) is 5.92 Å². The van der Waals surface area contributed by atoms with Crippen molar-refractivity contribution in [2.45, 2.75) is 67.0 Å². The van der Waals surface area contributed by atoms with Gasteiger partial charge in [0.15, 0.2) is 0 Å². The van der Waals surface area contributed by atoms with Gasteiger partial charge in [-0.3, -0.25) is 4.79 Å². The minimum atomic E-state index is -0.0234. The maximum Gasteiger partial charge on any atom is 0.311 e. The van der Waals surface area contributed by atoms with Crippen molar-refractivity contribution in [2.75, 3.05) is 11.5 Å². The summed E-state index contributed by atoms with van der Waals surface area (Å²) in [5, 5.41) is 0. The molecule has 0 bridgehead atoms. The van der Waals surface area contributed by atoms with E-state index in [1.165, 1.54) is 12.8 Å². The summed E-state index contributed by atoms with van der Waals surface area (Å²) in [6.07, 6.45) is 18.2. The normalized spacial score (nSPS) is 41.1. The second-order valence-corrected chi connectivity index (χ2v) is 12.9. The molecule has 0 amide bonds. The van der Waals surface area contributed by atoms with E-state index in [1.54, 1.807) is 0 Å². The molecule has 0 saturated carbocycles. The molecule has 6 heteroatoms. The van der Waals surface area contributed by atoms with Gasteiger partial charge in [-0.1, -0.05) is 67.5 Å². The number of esters is 1. The van der Waals surface area contributed by atoms with Crippen LogP contribution in [0.1, 0.15) is 51.4 Å². The molecule has 2 heterocycles. The average Bonchev–Trinajstić information content (AvgIpc) is 2.65. The van der Waals surface area contributed by atoms with E-state index in [0.29, 0.717) is 0 Å². The first-order valence-corrected chi connectivity index (χ1v) is 14.1. The third-order valence-electron chi connectivity index (χ3n) is 5.74. The van der Waals surface area contributed by atoms with Crippen LogP contribution in [0.4, 0.5) is 0 Å². The minimum Gasteiger partial charge on any atom is -0.460 e. The Labute approximate surface area is 166 Å². The van der Waals surface area contributed by atoms with Crippen molar-refractivity contribution in [1.29, 1.82) is 0 Å². The Balaban J connectivity index is 1.51. The van der Waals surface area contributed by atoms with E-state index < -0.39 is 0 Å². The lowest BCUT2D eigenvalue weighted by molar-refractivity contribution is -0.156. The minimum absolute atomic E-state index is 0.0168. The van der Waals surface area contributed by atoms with E-state index in [4.69, 9.17) is 4.74 Å². The van der Waals surface area contributed by atoms with Crippen molar-refractivity contribution >= 4 is 49.1 Å². The highest BCUT2D eigenvalue weighted by atomic mass is 33.1. The fourth-order valence-corrected chi connectivity index (χ4v) is 10.9. The fourth-order valence-electron chi connectivity index (χ4n) is 4.34. The van der Waals surface area contributed by atoms with Crippen LogP contribution in [-0.4, -0.2) is 33.1 Å². The molecule has 0 N–H and O–H groups in total. The second-order valence-electron chi connectivity index (χ2n) is 7.37. The Morgan fingerprint density at radius 2 is 1.56 bits per heavy atom. The van der Waals surface area contributed by atoms with Gasteiger partial charge >= 0.3 is 5.97 Å². The smallest absolute Gasteiger partial charge is 0.311 e. The number of allylic oxidation sites excluding steroid dienone is 2. The molecule has 2 saturated heterocycles. The molecule has 4 rings (SSSR count). The fraction of sp³-hybridized carbons (Fsp3) is 0.737. The number of ether oxygens (including phenoxy) is 1. The van der Waals surface area contributed by atoms with Crippen LogP contribution < -0.4 is 0 Å². The molecule has 0 aromatic rings. The average molecular weight is 415 g/mol. The zero-order chi connectivity index (χ0) is 17.2. The summed E-state index contributed by atoms with van der Waals surface area (Å²) in [7, 11) is 7.73. The highest BCUT2D eigenvalue weighted by Crippen LogP contribution is 2.55. The molecule has 2 aliphatic carbocycles. The van der Waals surface area contributed by atoms with Crippen molar-refractivity contribution in [2.24, 2.45) is 5.92 Å². The monoisotopic (exact) mass is 414 g/mol. The first-order valence-electron chi connectivity index (χ1n) is 9.41. The number of hydrogen-bond donors (Lipinski definition) is 0. The first-order chi connectivity index (χ1) is 12.2. The molecule has 4 unspecified atom stereocenters. The van der Waals surface area contributed by atoms with Crippen LogP contribution in [0.3, 0.4) is 0 Å². The van der Waals surface area contributed by atoms with Crippen molar-refractivity contribution in [3.63, 3.8) is 0 Å². The van der Waals surface area contributed by atoms with Crippen LogP contribution in [0.2, 0.25) is 0 Å². The molecule has 2 nitrogen and oxygen atoms in total. The van der Waals surface area contributed by atoms with Crippen molar-refractivity contribution in [3.05, 3.63) is 24.3 Å². The predicted molar refractivity (Wildman–Crippen MR) is 114 cm³/mol. The third kappa shape index (κ3) is 3.83. The Morgan fingerprint density at radius 3 is 2.24 bits per heavy atom. The molecule has 2 aliphatic heterocycles. The third-order valence-corrected chi connectivity index (χ3v) is 12.2. The summed E-state index contributed by atoms with van der Waals surface area (Å²) in [6, 6.07) is 0. The zero-order valence-electron chi connectivity index (χ0n) is 14.5. The topological polar surface area (TPSA) is 26.3 Å². The van der Waals surface area contributed by atoms with Crippen LogP contribution >= 0.6 is 43.2 Å². The van der Waals surface area contributed by atoms with Crippen molar-refractivity contribution in [1.82, 2.24) is 0 Å². The van der Waals surface area contributed by atoms with E-state index in [-0.39, 0.29) is 27.5 Å². The lowest BCUT2D eigenvalue weighted by Gasteiger charge is -2.45. The highest BCUT2D eigenvalue weighted by molar-refractivity contribution is 8.77. The Morgan fingerprint density at radius 1 is 0.920 bits per heavy atom. The molecule has 138 valence electrons. The van der Waals surface area contributed by atoms with Gasteiger partial charge in [-0.25, -0.2) is 0 Å². The van der Waals surface area contributed by atoms with Gasteiger partial charge in [0.1, 0.15) is 6.10 Å². The molecule has 0 aromatic carbocycles. The number of carbonyl (C=O) groups excluding carboxylic acids is 1. The summed E-state index contributed by atoms with van der Waals surface area (Å²) in [5.74, 6) is 2.23. The van der Waals surface area contributed by atoms with E-state index in [1.807, 2.05) is 43.2 Å². The maximum atomic E-state index is 13.2. The van der Waals surface area contributed by atoms with E-state index in [9.17, 15) is 4.79 Å². The van der Waals surface area contributed by atoms with E-state index in [2.05, 4.69) is 24.3 Å². The molecule has 4 aliphatic rings. The van der Waals surface area contributed by atoms with Crippen LogP contribution in [0.15, 0.2) is 24.3 Å². The molecular formula is C19H26O2S4. The summed E-state index contributed by atoms with van der Waals surface area (Å²) >= 11 is 0. The quantitative estimate of drug-likeness (QED) is 0.310. The van der Waals surface area contributed by atoms with Crippen LogP contribution in [-0.2, 0) is 9.53 Å². The summed E-state index contributed by atoms with van der Waals surface area (Å²) in [6.45, 7) is 0. The van der Waals surface area contributed by atoms with Crippen molar-refractivity contribution < 1.29 is 9.53 Å². The summed E-state index contributed by atoms with van der Waals surface area (Å²) < 4.78 is 6.26. The van der Waals surface area contributed by atoms with Gasteiger partial charge in [0.25, 0.3) is 0 Å². The van der Waals surface area contributed by atoms with Crippen LogP contribution in [0.5, 0.6) is 0 Å². The highest BCUT2D eigenvalue weighted by Gasteiger charge is 2.49. The van der Waals surface area contributed by atoms with E-state index >= 15 is 0 Å². The molecule has 0 radical (unpaired) electrons. The van der Waals surface area contributed by atoms with Gasteiger partial charge in [-0.2, -0.15) is 0 Å². The molecule has 2 fully saturated rings. The SMILES string of the molecule is O=C(OC1CCSSC12C=CCCC2)C1CCSSC12C=CCCC2. The maximum absolute atomic E-state index is 13.2. The molecule has 25 heavy (non-hydrogen) atoms. The first kappa shape index (κ1) is 18.7. The zero-order valence-corrected chi connectivity index (χ0v) is 17.8. The van der Waals surface area contributed by atoms with Gasteiger partial charge in [0.2, 0.25) is 0 Å². The van der Waals surface area contributed by atoms with Crippen LogP contribution in [0.25, 0.3) is 0 Å². The number of rotatable bonds is 2. The lowest BCUT2D eigenvalue weighted by atomic mass is 9.81. The number of hydrogen-bond acceptors (Lipinski definition) is 6.